The fraction of sp³-hybridized carbons (Fsp3) is 0.500. The summed E-state index contributed by atoms with van der Waals surface area (Å²) >= 11 is 1.33. The Bertz CT molecular complexity index is 1160. The number of likely N-dealkylation sites (tertiary alicyclic amines) is 1. The molecule has 2 heterocycles. The summed E-state index contributed by atoms with van der Waals surface area (Å²) in [5.41, 5.74) is 2.00. The van der Waals surface area contributed by atoms with Gasteiger partial charge < -0.3 is 9.47 Å². The molecule has 1 aromatic carbocycles. The maximum absolute atomic E-state index is 12.6. The molecule has 168 valence electrons. The van der Waals surface area contributed by atoms with Crippen molar-refractivity contribution in [2.45, 2.75) is 52.1 Å². The first-order chi connectivity index (χ1) is 14.7. The van der Waals surface area contributed by atoms with Crippen molar-refractivity contribution in [3.05, 3.63) is 41.2 Å². The highest BCUT2D eigenvalue weighted by Crippen LogP contribution is 2.20. The van der Waals surface area contributed by atoms with Gasteiger partial charge in [0.25, 0.3) is 5.91 Å². The van der Waals surface area contributed by atoms with Crippen LogP contribution in [0.4, 0.5) is 0 Å². The van der Waals surface area contributed by atoms with Gasteiger partial charge in [-0.2, -0.15) is 4.99 Å². The van der Waals surface area contributed by atoms with Gasteiger partial charge in [-0.15, -0.1) is 6.58 Å². The van der Waals surface area contributed by atoms with Crippen molar-refractivity contribution >= 4 is 43.2 Å². The van der Waals surface area contributed by atoms with Crippen LogP contribution >= 0.6 is 11.3 Å². The lowest BCUT2D eigenvalue weighted by atomic mass is 10.0. The van der Waals surface area contributed by atoms with E-state index in [9.17, 15) is 18.0 Å². The number of benzene rings is 1. The summed E-state index contributed by atoms with van der Waals surface area (Å²) in [5.74, 6) is -2.61. The SMILES string of the molecule is C=CCn1c(=NC(=O)CS(=O)(=O)CC(=O)N2CCCCC2CC)sc2cc(C)ccc21. The topological polar surface area (TPSA) is 88.8 Å². The average molecular weight is 464 g/mol. The van der Waals surface area contributed by atoms with E-state index in [1.807, 2.05) is 36.6 Å². The zero-order chi connectivity index (χ0) is 22.6. The Morgan fingerprint density at radius 3 is 2.77 bits per heavy atom. The standard InChI is InChI=1S/C22H29N3O4S2/c1-4-11-25-18-10-9-16(3)13-19(18)30-22(25)23-20(26)14-31(28,29)15-21(27)24-12-7-6-8-17(24)5-2/h4,9-10,13,17H,1,5-8,11-12,14-15H2,2-3H3. The van der Waals surface area contributed by atoms with E-state index in [1.165, 1.54) is 11.3 Å². The van der Waals surface area contributed by atoms with Crippen molar-refractivity contribution in [2.24, 2.45) is 4.99 Å². The number of hydrogen-bond donors (Lipinski definition) is 0. The lowest BCUT2D eigenvalue weighted by molar-refractivity contribution is -0.132. The fourth-order valence-corrected chi connectivity index (χ4v) is 6.21. The molecular formula is C22H29N3O4S2. The highest BCUT2D eigenvalue weighted by molar-refractivity contribution is 7.92. The number of sulfone groups is 1. The number of carbonyl (C=O) groups excluding carboxylic acids is 2. The van der Waals surface area contributed by atoms with Crippen molar-refractivity contribution in [2.75, 3.05) is 18.1 Å². The summed E-state index contributed by atoms with van der Waals surface area (Å²) in [5, 5.41) is 0. The number of allylic oxidation sites excluding steroid dienone is 1. The molecule has 1 atom stereocenters. The van der Waals surface area contributed by atoms with E-state index in [0.29, 0.717) is 17.9 Å². The van der Waals surface area contributed by atoms with Crippen LogP contribution < -0.4 is 4.80 Å². The van der Waals surface area contributed by atoms with Crippen LogP contribution in [0.1, 0.15) is 38.2 Å². The molecule has 1 fully saturated rings. The van der Waals surface area contributed by atoms with Crippen LogP contribution in [0.2, 0.25) is 0 Å². The maximum atomic E-state index is 12.6. The summed E-state index contributed by atoms with van der Waals surface area (Å²) in [4.78, 5) is 31.3. The van der Waals surface area contributed by atoms with Crippen LogP contribution in [0.25, 0.3) is 10.2 Å². The summed E-state index contributed by atoms with van der Waals surface area (Å²) < 4.78 is 27.9. The van der Waals surface area contributed by atoms with Crippen LogP contribution in [-0.4, -0.2) is 53.8 Å². The van der Waals surface area contributed by atoms with Crippen LogP contribution in [0, 0.1) is 6.92 Å². The van der Waals surface area contributed by atoms with Gasteiger partial charge in [0.2, 0.25) is 5.91 Å². The predicted octanol–water partition coefficient (Wildman–Crippen LogP) is 2.83. The zero-order valence-corrected chi connectivity index (χ0v) is 19.7. The molecule has 2 amide bonds. The molecule has 1 aliphatic rings. The van der Waals surface area contributed by atoms with E-state index in [4.69, 9.17) is 0 Å². The van der Waals surface area contributed by atoms with Crippen molar-refractivity contribution in [3.63, 3.8) is 0 Å². The van der Waals surface area contributed by atoms with Crippen molar-refractivity contribution in [1.29, 1.82) is 0 Å². The second-order valence-electron chi connectivity index (χ2n) is 7.94. The maximum Gasteiger partial charge on any atom is 0.263 e. The molecule has 1 saturated heterocycles. The number of amides is 2. The molecule has 1 unspecified atom stereocenters. The molecule has 0 N–H and O–H groups in total. The highest BCUT2D eigenvalue weighted by Gasteiger charge is 2.29. The number of fused-ring (bicyclic) bond motifs is 1. The largest absolute Gasteiger partial charge is 0.339 e. The van der Waals surface area contributed by atoms with E-state index in [-0.39, 0.29) is 6.04 Å². The van der Waals surface area contributed by atoms with E-state index < -0.39 is 33.2 Å². The molecule has 0 aliphatic carbocycles. The lowest BCUT2D eigenvalue weighted by Crippen LogP contribution is -2.46. The van der Waals surface area contributed by atoms with E-state index in [2.05, 4.69) is 11.6 Å². The molecule has 0 spiro atoms. The van der Waals surface area contributed by atoms with Gasteiger partial charge in [-0.3, -0.25) is 9.59 Å². The minimum Gasteiger partial charge on any atom is -0.339 e. The molecule has 7 nitrogen and oxygen atoms in total. The first-order valence-corrected chi connectivity index (χ1v) is 13.2. The van der Waals surface area contributed by atoms with Crippen molar-refractivity contribution in [3.8, 4) is 0 Å². The smallest absolute Gasteiger partial charge is 0.263 e. The Kier molecular flexibility index (Phi) is 7.48. The number of carbonyl (C=O) groups is 2. The van der Waals surface area contributed by atoms with Crippen molar-refractivity contribution < 1.29 is 18.0 Å². The van der Waals surface area contributed by atoms with Gasteiger partial charge >= 0.3 is 0 Å². The quantitative estimate of drug-likeness (QED) is 0.591. The fourth-order valence-electron chi connectivity index (χ4n) is 3.97. The molecule has 2 aromatic rings. The third kappa shape index (κ3) is 5.71. The molecule has 3 rings (SSSR count). The summed E-state index contributed by atoms with van der Waals surface area (Å²) in [7, 11) is -3.90. The Morgan fingerprint density at radius 2 is 2.06 bits per heavy atom. The number of aromatic nitrogens is 1. The van der Waals surface area contributed by atoms with Gasteiger partial charge in [-0.1, -0.05) is 30.4 Å². The van der Waals surface area contributed by atoms with Gasteiger partial charge in [0.05, 0.1) is 10.2 Å². The van der Waals surface area contributed by atoms with Gasteiger partial charge in [-0.25, -0.2) is 8.42 Å². The molecule has 0 bridgehead atoms. The molecule has 0 radical (unpaired) electrons. The minimum absolute atomic E-state index is 0.0803. The highest BCUT2D eigenvalue weighted by atomic mass is 32.2. The van der Waals surface area contributed by atoms with Crippen molar-refractivity contribution in [1.82, 2.24) is 9.47 Å². The normalized spacial score (nSPS) is 17.8. The molecule has 0 saturated carbocycles. The Morgan fingerprint density at radius 1 is 1.29 bits per heavy atom. The lowest BCUT2D eigenvalue weighted by Gasteiger charge is -2.35. The molecule has 9 heteroatoms. The van der Waals surface area contributed by atoms with Gasteiger partial charge in [0, 0.05) is 19.1 Å². The number of hydrogen-bond acceptors (Lipinski definition) is 5. The molecule has 1 aliphatic heterocycles. The van der Waals surface area contributed by atoms with Gasteiger partial charge in [0.15, 0.2) is 14.6 Å². The third-order valence-corrected chi connectivity index (χ3v) is 7.89. The second-order valence-corrected chi connectivity index (χ2v) is 11.0. The summed E-state index contributed by atoms with van der Waals surface area (Å²) in [6.07, 6.45) is 5.32. The number of aryl methyl sites for hydroxylation is 1. The Hall–Kier alpha value is -2.26. The third-order valence-electron chi connectivity index (χ3n) is 5.48. The average Bonchev–Trinajstić information content (AvgIpc) is 3.03. The Balaban J connectivity index is 1.79. The monoisotopic (exact) mass is 463 g/mol. The number of thiazole rings is 1. The number of piperidine rings is 1. The van der Waals surface area contributed by atoms with Gasteiger partial charge in [0.1, 0.15) is 11.5 Å². The summed E-state index contributed by atoms with van der Waals surface area (Å²) in [6.45, 7) is 8.76. The van der Waals surface area contributed by atoms with Crippen LogP contribution in [0.3, 0.4) is 0 Å². The molecule has 1 aromatic heterocycles. The summed E-state index contributed by atoms with van der Waals surface area (Å²) in [6, 6.07) is 6.00. The molecular weight excluding hydrogens is 434 g/mol. The van der Waals surface area contributed by atoms with Crippen LogP contribution in [0.15, 0.2) is 35.8 Å². The van der Waals surface area contributed by atoms with E-state index in [1.54, 1.807) is 11.0 Å². The van der Waals surface area contributed by atoms with Crippen LogP contribution in [0.5, 0.6) is 0 Å². The predicted molar refractivity (Wildman–Crippen MR) is 124 cm³/mol. The zero-order valence-electron chi connectivity index (χ0n) is 18.0. The van der Waals surface area contributed by atoms with Crippen LogP contribution in [-0.2, 0) is 26.0 Å². The first-order valence-electron chi connectivity index (χ1n) is 10.5. The number of rotatable bonds is 7. The Labute approximate surface area is 187 Å². The van der Waals surface area contributed by atoms with E-state index >= 15 is 0 Å². The first kappa shape index (κ1) is 23.4. The van der Waals surface area contributed by atoms with E-state index in [0.717, 1.165) is 41.5 Å². The second kappa shape index (κ2) is 9.91. The number of nitrogens with zero attached hydrogens (tertiary/aromatic N) is 3. The molecule has 31 heavy (non-hydrogen) atoms. The van der Waals surface area contributed by atoms with Gasteiger partial charge in [-0.05, 0) is 50.3 Å². The minimum atomic E-state index is -3.90.